The highest BCUT2D eigenvalue weighted by atomic mass is 19.2. The first kappa shape index (κ1) is 13.0. The van der Waals surface area contributed by atoms with Gasteiger partial charge in [-0.3, -0.25) is 0 Å². The third kappa shape index (κ3) is 2.54. The molecule has 0 atom stereocenters. The maximum absolute atomic E-state index is 13.3. The van der Waals surface area contributed by atoms with Gasteiger partial charge in [-0.1, -0.05) is 12.1 Å². The topological polar surface area (TPSA) is 46.5 Å². The predicted molar refractivity (Wildman–Crippen MR) is 65.3 cm³/mol. The maximum atomic E-state index is 13.3. The van der Waals surface area contributed by atoms with Crippen LogP contribution in [0.3, 0.4) is 0 Å². The predicted octanol–water partition coefficient (Wildman–Crippen LogP) is 3.34. The van der Waals surface area contributed by atoms with Gasteiger partial charge in [0.1, 0.15) is 5.75 Å². The van der Waals surface area contributed by atoms with Gasteiger partial charge in [0.25, 0.3) is 0 Å². The maximum Gasteiger partial charge on any atom is 0.336 e. The molecule has 0 fully saturated rings. The van der Waals surface area contributed by atoms with Crippen molar-refractivity contribution in [1.82, 2.24) is 0 Å². The van der Waals surface area contributed by atoms with Crippen LogP contribution in [0.4, 0.5) is 8.78 Å². The Kier molecular flexibility index (Phi) is 3.46. The summed E-state index contributed by atoms with van der Waals surface area (Å²) in [6.07, 6.45) is 0. The number of carbonyl (C=O) groups is 1. The molecular weight excluding hydrogens is 254 g/mol. The van der Waals surface area contributed by atoms with E-state index in [-0.39, 0.29) is 11.1 Å². The number of aromatic carboxylic acids is 1. The number of methoxy groups -OCH3 is 1. The smallest absolute Gasteiger partial charge is 0.336 e. The molecule has 2 rings (SSSR count). The zero-order valence-electron chi connectivity index (χ0n) is 9.98. The Morgan fingerprint density at radius 3 is 2.21 bits per heavy atom. The number of benzene rings is 2. The minimum absolute atomic E-state index is 0.119. The van der Waals surface area contributed by atoms with E-state index in [2.05, 4.69) is 0 Å². The molecule has 3 nitrogen and oxygen atoms in total. The molecule has 0 saturated heterocycles. The van der Waals surface area contributed by atoms with E-state index in [9.17, 15) is 13.6 Å². The van der Waals surface area contributed by atoms with Gasteiger partial charge < -0.3 is 9.84 Å². The lowest BCUT2D eigenvalue weighted by Gasteiger charge is -2.08. The minimum Gasteiger partial charge on any atom is -0.497 e. The molecule has 0 spiro atoms. The number of rotatable bonds is 3. The van der Waals surface area contributed by atoms with E-state index in [1.807, 2.05) is 0 Å². The van der Waals surface area contributed by atoms with Gasteiger partial charge in [-0.15, -0.1) is 0 Å². The Hall–Kier alpha value is -2.43. The van der Waals surface area contributed by atoms with Gasteiger partial charge in [0, 0.05) is 0 Å². The highest BCUT2D eigenvalue weighted by molar-refractivity contribution is 5.96. The van der Waals surface area contributed by atoms with Crippen LogP contribution in [0.25, 0.3) is 11.1 Å². The van der Waals surface area contributed by atoms with Crippen LogP contribution in [0.2, 0.25) is 0 Å². The van der Waals surface area contributed by atoms with Crippen molar-refractivity contribution in [3.8, 4) is 16.9 Å². The molecule has 0 unspecified atom stereocenters. The molecule has 0 saturated carbocycles. The number of ether oxygens (including phenoxy) is 1. The van der Waals surface area contributed by atoms with Gasteiger partial charge in [0.15, 0.2) is 11.6 Å². The lowest BCUT2D eigenvalue weighted by atomic mass is 9.99. The molecule has 2 aromatic carbocycles. The summed E-state index contributed by atoms with van der Waals surface area (Å²) in [5.74, 6) is -3.00. The molecule has 0 radical (unpaired) electrons. The fourth-order valence-electron chi connectivity index (χ4n) is 1.73. The summed E-state index contributed by atoms with van der Waals surface area (Å²) in [4.78, 5) is 11.1. The van der Waals surface area contributed by atoms with Crippen LogP contribution in [0, 0.1) is 11.6 Å². The lowest BCUT2D eigenvalue weighted by Crippen LogP contribution is -2.02. The number of hydrogen-bond acceptors (Lipinski definition) is 2. The molecule has 1 N–H and O–H groups in total. The lowest BCUT2D eigenvalue weighted by molar-refractivity contribution is 0.0697. The molecule has 0 aliphatic rings. The first-order valence-electron chi connectivity index (χ1n) is 5.39. The van der Waals surface area contributed by atoms with Crippen molar-refractivity contribution in [3.05, 3.63) is 53.6 Å². The second-order valence-corrected chi connectivity index (χ2v) is 3.85. The van der Waals surface area contributed by atoms with Gasteiger partial charge in [0.05, 0.1) is 12.7 Å². The summed E-state index contributed by atoms with van der Waals surface area (Å²) >= 11 is 0. The standard InChI is InChI=1S/C14H10F2O3/c1-19-9-4-2-8(3-5-9)10-6-12(15)13(16)7-11(10)14(17)18/h2-7H,1H3,(H,17,18). The Morgan fingerprint density at radius 1 is 1.11 bits per heavy atom. The number of halogens is 2. The van der Waals surface area contributed by atoms with Gasteiger partial charge in [-0.05, 0) is 35.4 Å². The fraction of sp³-hybridized carbons (Fsp3) is 0.0714. The third-order valence-electron chi connectivity index (χ3n) is 2.69. The number of carboxylic acids is 1. The Labute approximate surface area is 108 Å². The molecule has 5 heteroatoms. The van der Waals surface area contributed by atoms with E-state index in [4.69, 9.17) is 9.84 Å². The first-order valence-corrected chi connectivity index (χ1v) is 5.39. The van der Waals surface area contributed by atoms with Gasteiger partial charge >= 0.3 is 5.97 Å². The highest BCUT2D eigenvalue weighted by Crippen LogP contribution is 2.28. The van der Waals surface area contributed by atoms with Crippen LogP contribution < -0.4 is 4.74 Å². The van der Waals surface area contributed by atoms with Crippen molar-refractivity contribution in [2.24, 2.45) is 0 Å². The van der Waals surface area contributed by atoms with Crippen molar-refractivity contribution in [1.29, 1.82) is 0 Å². The quantitative estimate of drug-likeness (QED) is 0.924. The summed E-state index contributed by atoms with van der Waals surface area (Å²) in [5.41, 5.74) is 0.301. The number of carboxylic acid groups (broad SMARTS) is 1. The molecule has 0 aliphatic carbocycles. The highest BCUT2D eigenvalue weighted by Gasteiger charge is 2.16. The molecule has 0 amide bonds. The van der Waals surface area contributed by atoms with Crippen LogP contribution in [0.1, 0.15) is 10.4 Å². The van der Waals surface area contributed by atoms with Crippen LogP contribution in [-0.2, 0) is 0 Å². The summed E-state index contributed by atoms with van der Waals surface area (Å²) in [6, 6.07) is 7.94. The Morgan fingerprint density at radius 2 is 1.68 bits per heavy atom. The summed E-state index contributed by atoms with van der Waals surface area (Å²) in [6.45, 7) is 0. The molecule has 0 aliphatic heterocycles. The second kappa shape index (κ2) is 5.06. The zero-order chi connectivity index (χ0) is 14.0. The Bertz CT molecular complexity index is 621. The summed E-state index contributed by atoms with van der Waals surface area (Å²) < 4.78 is 31.3. The van der Waals surface area contributed by atoms with E-state index in [1.54, 1.807) is 24.3 Å². The summed E-state index contributed by atoms with van der Waals surface area (Å²) in [5, 5.41) is 9.03. The van der Waals surface area contributed by atoms with E-state index in [0.717, 1.165) is 6.07 Å². The van der Waals surface area contributed by atoms with Crippen molar-refractivity contribution in [3.63, 3.8) is 0 Å². The van der Waals surface area contributed by atoms with Crippen molar-refractivity contribution < 1.29 is 23.4 Å². The van der Waals surface area contributed by atoms with Crippen LogP contribution in [0.15, 0.2) is 36.4 Å². The van der Waals surface area contributed by atoms with Crippen molar-refractivity contribution in [2.75, 3.05) is 7.11 Å². The summed E-state index contributed by atoms with van der Waals surface area (Å²) in [7, 11) is 1.50. The third-order valence-corrected chi connectivity index (χ3v) is 2.69. The van der Waals surface area contributed by atoms with E-state index in [1.165, 1.54) is 7.11 Å². The normalized spacial score (nSPS) is 10.3. The monoisotopic (exact) mass is 264 g/mol. The van der Waals surface area contributed by atoms with E-state index >= 15 is 0 Å². The van der Waals surface area contributed by atoms with Gasteiger partial charge in [0.2, 0.25) is 0 Å². The second-order valence-electron chi connectivity index (χ2n) is 3.85. The average Bonchev–Trinajstić information content (AvgIpc) is 2.41. The average molecular weight is 264 g/mol. The van der Waals surface area contributed by atoms with Crippen molar-refractivity contribution >= 4 is 5.97 Å². The van der Waals surface area contributed by atoms with Crippen LogP contribution in [-0.4, -0.2) is 18.2 Å². The molecule has 98 valence electrons. The number of hydrogen-bond donors (Lipinski definition) is 1. The van der Waals surface area contributed by atoms with Gasteiger partial charge in [-0.25, -0.2) is 13.6 Å². The Balaban J connectivity index is 2.59. The van der Waals surface area contributed by atoms with Crippen LogP contribution >= 0.6 is 0 Å². The van der Waals surface area contributed by atoms with E-state index < -0.39 is 17.6 Å². The fourth-order valence-corrected chi connectivity index (χ4v) is 1.73. The molecule has 0 aromatic heterocycles. The van der Waals surface area contributed by atoms with Crippen molar-refractivity contribution in [2.45, 2.75) is 0 Å². The SMILES string of the molecule is COc1ccc(-c2cc(F)c(F)cc2C(=O)O)cc1. The minimum atomic E-state index is -1.32. The van der Waals surface area contributed by atoms with Gasteiger partial charge in [-0.2, -0.15) is 0 Å². The first-order chi connectivity index (χ1) is 9.02. The molecular formula is C14H10F2O3. The molecule has 0 heterocycles. The molecule has 19 heavy (non-hydrogen) atoms. The molecule has 2 aromatic rings. The van der Waals surface area contributed by atoms with Crippen LogP contribution in [0.5, 0.6) is 5.75 Å². The van der Waals surface area contributed by atoms with E-state index in [0.29, 0.717) is 17.4 Å². The molecule has 0 bridgehead atoms. The zero-order valence-corrected chi connectivity index (χ0v) is 9.98. The largest absolute Gasteiger partial charge is 0.497 e.